The largest absolute Gasteiger partial charge is 0.356 e. The Morgan fingerprint density at radius 3 is 2.44 bits per heavy atom. The average molecular weight is 271 g/mol. The first-order valence-electron chi connectivity index (χ1n) is 7.56. The van der Waals surface area contributed by atoms with Gasteiger partial charge in [0, 0.05) is 18.2 Å². The molecule has 1 amide bonds. The topological polar surface area (TPSA) is 29.1 Å². The summed E-state index contributed by atoms with van der Waals surface area (Å²) in [4.78, 5) is 11.5. The van der Waals surface area contributed by atoms with Crippen LogP contribution in [0.2, 0.25) is 0 Å². The molecule has 1 atom stereocenters. The van der Waals surface area contributed by atoms with Gasteiger partial charge < -0.3 is 5.32 Å². The number of carbonyl (C=O) groups is 1. The maximum Gasteiger partial charge on any atom is 0.221 e. The molecule has 0 spiro atoms. The first kappa shape index (κ1) is 15.9. The van der Waals surface area contributed by atoms with Crippen LogP contribution in [-0.4, -0.2) is 17.7 Å². The Hall–Kier alpha value is -0.180. The number of amides is 1. The maximum absolute atomic E-state index is 11.5. The first-order valence-corrected chi connectivity index (χ1v) is 8.08. The molecular formula is C15H29NOS. The molecule has 1 rings (SSSR count). The number of carbonyl (C=O) groups excluding carboxylic acids is 1. The highest BCUT2D eigenvalue weighted by Crippen LogP contribution is 2.31. The molecule has 18 heavy (non-hydrogen) atoms. The second kappa shape index (κ2) is 8.84. The minimum absolute atomic E-state index is 0.158. The molecule has 1 fully saturated rings. The van der Waals surface area contributed by atoms with E-state index in [4.69, 9.17) is 0 Å². The minimum atomic E-state index is 0.158. The standard InChI is InChI=1S/C15H29NOS/c1-3-4-5-13-6-8-14(9-7-13)11-16-15(17)10-12(2)18/h12-14,18H,3-11H2,1-2H3,(H,16,17). The molecule has 0 bridgehead atoms. The quantitative estimate of drug-likeness (QED) is 0.677. The third kappa shape index (κ3) is 6.67. The molecule has 0 saturated heterocycles. The highest BCUT2D eigenvalue weighted by molar-refractivity contribution is 7.80. The molecule has 2 nitrogen and oxygen atoms in total. The summed E-state index contributed by atoms with van der Waals surface area (Å²) < 4.78 is 0. The molecule has 0 radical (unpaired) electrons. The highest BCUT2D eigenvalue weighted by Gasteiger charge is 2.21. The summed E-state index contributed by atoms with van der Waals surface area (Å²) in [6.45, 7) is 5.10. The predicted octanol–water partition coefficient (Wildman–Crippen LogP) is 3.81. The number of hydrogen-bond acceptors (Lipinski definition) is 2. The van der Waals surface area contributed by atoms with Crippen molar-refractivity contribution in [3.05, 3.63) is 0 Å². The lowest BCUT2D eigenvalue weighted by Crippen LogP contribution is -2.32. The molecule has 0 aromatic carbocycles. The molecule has 0 aromatic rings. The first-order chi connectivity index (χ1) is 8.61. The molecule has 0 heterocycles. The van der Waals surface area contributed by atoms with E-state index in [-0.39, 0.29) is 11.2 Å². The van der Waals surface area contributed by atoms with Crippen molar-refractivity contribution in [2.75, 3.05) is 6.54 Å². The zero-order chi connectivity index (χ0) is 13.4. The van der Waals surface area contributed by atoms with Crippen LogP contribution in [-0.2, 0) is 4.79 Å². The van der Waals surface area contributed by atoms with Crippen LogP contribution in [0.15, 0.2) is 0 Å². The van der Waals surface area contributed by atoms with Crippen LogP contribution in [0.4, 0.5) is 0 Å². The summed E-state index contributed by atoms with van der Waals surface area (Å²) in [6, 6.07) is 0. The SMILES string of the molecule is CCCCC1CCC(CNC(=O)CC(C)S)CC1. The molecule has 0 aliphatic heterocycles. The van der Waals surface area contributed by atoms with Gasteiger partial charge in [-0.1, -0.05) is 46.0 Å². The number of hydrogen-bond donors (Lipinski definition) is 2. The average Bonchev–Trinajstić information content (AvgIpc) is 2.34. The van der Waals surface area contributed by atoms with Gasteiger partial charge in [0.15, 0.2) is 0 Å². The summed E-state index contributed by atoms with van der Waals surface area (Å²) >= 11 is 4.24. The predicted molar refractivity (Wildman–Crippen MR) is 81.0 cm³/mol. The summed E-state index contributed by atoms with van der Waals surface area (Å²) in [5, 5.41) is 3.22. The van der Waals surface area contributed by atoms with Crippen LogP contribution in [0.5, 0.6) is 0 Å². The second-order valence-electron chi connectivity index (χ2n) is 5.89. The van der Waals surface area contributed by atoms with Crippen molar-refractivity contribution in [3.8, 4) is 0 Å². The van der Waals surface area contributed by atoms with Gasteiger partial charge in [0.2, 0.25) is 5.91 Å². The number of nitrogens with one attached hydrogen (secondary N) is 1. The Labute approximate surface area is 118 Å². The number of unbranched alkanes of at least 4 members (excludes halogenated alkanes) is 1. The second-order valence-corrected chi connectivity index (χ2v) is 6.77. The Morgan fingerprint density at radius 2 is 1.89 bits per heavy atom. The normalized spacial score (nSPS) is 25.7. The van der Waals surface area contributed by atoms with E-state index in [1.54, 1.807) is 0 Å². The van der Waals surface area contributed by atoms with Crippen LogP contribution in [0.1, 0.15) is 65.2 Å². The van der Waals surface area contributed by atoms with Gasteiger partial charge >= 0.3 is 0 Å². The minimum Gasteiger partial charge on any atom is -0.356 e. The van der Waals surface area contributed by atoms with Crippen molar-refractivity contribution < 1.29 is 4.79 Å². The van der Waals surface area contributed by atoms with Gasteiger partial charge in [0.1, 0.15) is 0 Å². The van der Waals surface area contributed by atoms with Gasteiger partial charge in [0.05, 0.1) is 0 Å². The zero-order valence-corrected chi connectivity index (χ0v) is 12.8. The van der Waals surface area contributed by atoms with E-state index in [0.29, 0.717) is 12.3 Å². The zero-order valence-electron chi connectivity index (χ0n) is 12.0. The fraction of sp³-hybridized carbons (Fsp3) is 0.933. The van der Waals surface area contributed by atoms with E-state index < -0.39 is 0 Å². The Morgan fingerprint density at radius 1 is 1.28 bits per heavy atom. The number of thiol groups is 1. The van der Waals surface area contributed by atoms with E-state index >= 15 is 0 Å². The smallest absolute Gasteiger partial charge is 0.221 e. The Balaban J connectivity index is 2.10. The van der Waals surface area contributed by atoms with Crippen LogP contribution in [0.3, 0.4) is 0 Å². The maximum atomic E-state index is 11.5. The summed E-state index contributed by atoms with van der Waals surface area (Å²) in [6.07, 6.45) is 9.97. The van der Waals surface area contributed by atoms with Crippen molar-refractivity contribution in [1.82, 2.24) is 5.32 Å². The molecule has 3 heteroatoms. The Kier molecular flexibility index (Phi) is 7.80. The molecule has 1 aliphatic rings. The van der Waals surface area contributed by atoms with E-state index in [9.17, 15) is 4.79 Å². The van der Waals surface area contributed by atoms with E-state index in [1.807, 2.05) is 6.92 Å². The van der Waals surface area contributed by atoms with Crippen molar-refractivity contribution in [1.29, 1.82) is 0 Å². The third-order valence-corrected chi connectivity index (χ3v) is 4.18. The fourth-order valence-electron chi connectivity index (χ4n) is 2.82. The van der Waals surface area contributed by atoms with Crippen molar-refractivity contribution in [2.24, 2.45) is 11.8 Å². The summed E-state index contributed by atoms with van der Waals surface area (Å²) in [5.74, 6) is 1.82. The van der Waals surface area contributed by atoms with Crippen LogP contribution < -0.4 is 5.32 Å². The van der Waals surface area contributed by atoms with Gasteiger partial charge in [-0.25, -0.2) is 0 Å². The Bertz CT molecular complexity index is 235. The van der Waals surface area contributed by atoms with Crippen molar-refractivity contribution >= 4 is 18.5 Å². The molecule has 1 saturated carbocycles. The molecule has 106 valence electrons. The molecule has 1 unspecified atom stereocenters. The molecule has 1 aliphatic carbocycles. The lowest BCUT2D eigenvalue weighted by Gasteiger charge is -2.28. The van der Waals surface area contributed by atoms with Crippen LogP contribution in [0.25, 0.3) is 0 Å². The van der Waals surface area contributed by atoms with Gasteiger partial charge in [-0.2, -0.15) is 12.6 Å². The van der Waals surface area contributed by atoms with Crippen molar-refractivity contribution in [2.45, 2.75) is 70.5 Å². The summed E-state index contributed by atoms with van der Waals surface area (Å²) in [7, 11) is 0. The van der Waals surface area contributed by atoms with E-state index in [0.717, 1.165) is 12.5 Å². The number of rotatable bonds is 7. The molecule has 1 N–H and O–H groups in total. The van der Waals surface area contributed by atoms with Gasteiger partial charge in [0.25, 0.3) is 0 Å². The van der Waals surface area contributed by atoms with E-state index in [1.165, 1.54) is 44.9 Å². The third-order valence-electron chi connectivity index (χ3n) is 4.00. The van der Waals surface area contributed by atoms with Crippen LogP contribution in [0, 0.1) is 11.8 Å². The van der Waals surface area contributed by atoms with Gasteiger partial charge in [-0.3, -0.25) is 4.79 Å². The highest BCUT2D eigenvalue weighted by atomic mass is 32.1. The lowest BCUT2D eigenvalue weighted by atomic mass is 9.80. The lowest BCUT2D eigenvalue weighted by molar-refractivity contribution is -0.121. The van der Waals surface area contributed by atoms with E-state index in [2.05, 4.69) is 24.9 Å². The molecule has 0 aromatic heterocycles. The van der Waals surface area contributed by atoms with Gasteiger partial charge in [-0.05, 0) is 24.7 Å². The van der Waals surface area contributed by atoms with Crippen molar-refractivity contribution in [3.63, 3.8) is 0 Å². The van der Waals surface area contributed by atoms with Gasteiger partial charge in [-0.15, -0.1) is 0 Å². The summed E-state index contributed by atoms with van der Waals surface area (Å²) in [5.41, 5.74) is 0. The van der Waals surface area contributed by atoms with Crippen LogP contribution >= 0.6 is 12.6 Å². The fourth-order valence-corrected chi connectivity index (χ4v) is 2.98. The monoisotopic (exact) mass is 271 g/mol. The molecular weight excluding hydrogens is 242 g/mol.